The quantitative estimate of drug-likeness (QED) is 0.775. The summed E-state index contributed by atoms with van der Waals surface area (Å²) in [5.74, 6) is 0.833. The van der Waals surface area contributed by atoms with Gasteiger partial charge in [-0.05, 0) is 12.1 Å². The van der Waals surface area contributed by atoms with Crippen LogP contribution in [0, 0.1) is 0 Å². The average Bonchev–Trinajstić information content (AvgIpc) is 2.68. The molecule has 0 saturated carbocycles. The highest BCUT2D eigenvalue weighted by Crippen LogP contribution is 2.16. The monoisotopic (exact) mass is 336 g/mol. The topological polar surface area (TPSA) is 93.1 Å². The summed E-state index contributed by atoms with van der Waals surface area (Å²) < 4.78 is 5.34. The number of aromatic nitrogens is 4. The normalized spacial score (nSPS) is 14.5. The number of rotatable bonds is 3. The lowest BCUT2D eigenvalue weighted by molar-refractivity contribution is 0.102. The molecule has 8 heteroatoms. The van der Waals surface area contributed by atoms with Crippen molar-refractivity contribution >= 4 is 28.6 Å². The second kappa shape index (κ2) is 6.78. The molecule has 0 atom stereocenters. The van der Waals surface area contributed by atoms with E-state index in [-0.39, 0.29) is 11.6 Å². The Hall–Kier alpha value is -3.13. The molecule has 0 bridgehead atoms. The minimum absolute atomic E-state index is 0.241. The average molecular weight is 336 g/mol. The van der Waals surface area contributed by atoms with Gasteiger partial charge in [0.15, 0.2) is 0 Å². The Morgan fingerprint density at radius 3 is 2.72 bits per heavy atom. The third-order valence-electron chi connectivity index (χ3n) is 3.91. The highest BCUT2D eigenvalue weighted by molar-refractivity contribution is 6.03. The number of anilines is 2. The maximum absolute atomic E-state index is 12.4. The van der Waals surface area contributed by atoms with E-state index in [9.17, 15) is 4.79 Å². The molecular formula is C17H16N6O2. The van der Waals surface area contributed by atoms with Gasteiger partial charge in [-0.25, -0.2) is 15.0 Å². The Labute approximate surface area is 143 Å². The Kier molecular flexibility index (Phi) is 4.17. The van der Waals surface area contributed by atoms with Crippen molar-refractivity contribution in [2.45, 2.75) is 0 Å². The number of fused-ring (bicyclic) bond motifs is 1. The molecule has 1 aliphatic rings. The van der Waals surface area contributed by atoms with E-state index in [1.54, 1.807) is 6.07 Å². The second-order valence-corrected chi connectivity index (χ2v) is 5.56. The first-order valence-electron chi connectivity index (χ1n) is 7.97. The fraction of sp³-hybridized carbons (Fsp3) is 0.235. The van der Waals surface area contributed by atoms with Crippen molar-refractivity contribution in [2.24, 2.45) is 0 Å². The molecule has 0 aliphatic carbocycles. The van der Waals surface area contributed by atoms with Crippen LogP contribution in [-0.4, -0.2) is 52.1 Å². The number of hydrogen-bond donors (Lipinski definition) is 1. The molecule has 1 saturated heterocycles. The summed E-state index contributed by atoms with van der Waals surface area (Å²) in [6.07, 6.45) is 2.90. The predicted molar refractivity (Wildman–Crippen MR) is 92.6 cm³/mol. The zero-order chi connectivity index (χ0) is 17.1. The summed E-state index contributed by atoms with van der Waals surface area (Å²) in [5, 5.41) is 2.75. The van der Waals surface area contributed by atoms with Gasteiger partial charge in [-0.1, -0.05) is 12.1 Å². The number of nitrogens with one attached hydrogen (secondary N) is 1. The van der Waals surface area contributed by atoms with Crippen LogP contribution in [0.15, 0.2) is 42.9 Å². The summed E-state index contributed by atoms with van der Waals surface area (Å²) in [6, 6.07) is 9.16. The van der Waals surface area contributed by atoms with Crippen LogP contribution in [0.4, 0.5) is 11.6 Å². The number of para-hydroxylation sites is 2. The zero-order valence-corrected chi connectivity index (χ0v) is 13.4. The van der Waals surface area contributed by atoms with E-state index < -0.39 is 0 Å². The second-order valence-electron chi connectivity index (χ2n) is 5.56. The van der Waals surface area contributed by atoms with Crippen molar-refractivity contribution in [1.82, 2.24) is 19.9 Å². The Morgan fingerprint density at radius 2 is 1.88 bits per heavy atom. The van der Waals surface area contributed by atoms with Gasteiger partial charge in [0.25, 0.3) is 5.91 Å². The summed E-state index contributed by atoms with van der Waals surface area (Å²) in [7, 11) is 0. The van der Waals surface area contributed by atoms with Gasteiger partial charge in [-0.15, -0.1) is 0 Å². The Morgan fingerprint density at radius 1 is 1.08 bits per heavy atom. The number of morpholine rings is 1. The van der Waals surface area contributed by atoms with E-state index in [0.717, 1.165) is 24.4 Å². The molecule has 3 aromatic rings. The van der Waals surface area contributed by atoms with Crippen LogP contribution in [0.1, 0.15) is 10.5 Å². The first kappa shape index (κ1) is 15.4. The van der Waals surface area contributed by atoms with E-state index in [4.69, 9.17) is 4.74 Å². The van der Waals surface area contributed by atoms with Gasteiger partial charge in [0.2, 0.25) is 0 Å². The molecule has 8 nitrogen and oxygen atoms in total. The number of ether oxygens (including phenoxy) is 1. The number of nitrogens with zero attached hydrogens (tertiary/aromatic N) is 5. The van der Waals surface area contributed by atoms with Crippen LogP contribution in [0.25, 0.3) is 11.0 Å². The van der Waals surface area contributed by atoms with Crippen LogP contribution >= 0.6 is 0 Å². The van der Waals surface area contributed by atoms with E-state index in [1.807, 2.05) is 24.3 Å². The number of carbonyl (C=O) groups excluding carboxylic acids is 1. The molecule has 25 heavy (non-hydrogen) atoms. The van der Waals surface area contributed by atoms with Gasteiger partial charge in [0, 0.05) is 19.2 Å². The van der Waals surface area contributed by atoms with Crippen molar-refractivity contribution in [3.05, 3.63) is 48.5 Å². The van der Waals surface area contributed by atoms with Gasteiger partial charge in [0.05, 0.1) is 30.4 Å². The van der Waals surface area contributed by atoms with Crippen LogP contribution in [0.3, 0.4) is 0 Å². The molecule has 1 N–H and O–H groups in total. The molecular weight excluding hydrogens is 320 g/mol. The molecule has 1 aliphatic heterocycles. The number of carbonyl (C=O) groups is 1. The van der Waals surface area contributed by atoms with Gasteiger partial charge >= 0.3 is 0 Å². The van der Waals surface area contributed by atoms with E-state index >= 15 is 0 Å². The van der Waals surface area contributed by atoms with E-state index in [0.29, 0.717) is 24.5 Å². The van der Waals surface area contributed by atoms with E-state index in [1.165, 1.54) is 12.5 Å². The zero-order valence-electron chi connectivity index (χ0n) is 13.4. The lowest BCUT2D eigenvalue weighted by Crippen LogP contribution is -2.36. The number of hydrogen-bond acceptors (Lipinski definition) is 7. The minimum Gasteiger partial charge on any atom is -0.378 e. The fourth-order valence-corrected chi connectivity index (χ4v) is 2.63. The summed E-state index contributed by atoms with van der Waals surface area (Å²) >= 11 is 0. The molecule has 3 heterocycles. The standard InChI is InChI=1S/C17H16N6O2/c24-17(14-10-18-12-3-1-2-4-13(12)21-14)22-15-9-16(20-11-19-15)23-5-7-25-8-6-23/h1-4,9-11H,5-8H2,(H,19,20,22,24). The first-order valence-corrected chi connectivity index (χ1v) is 7.97. The van der Waals surface area contributed by atoms with Crippen molar-refractivity contribution in [3.63, 3.8) is 0 Å². The van der Waals surface area contributed by atoms with Gasteiger partial charge in [-0.3, -0.25) is 9.78 Å². The van der Waals surface area contributed by atoms with Crippen molar-refractivity contribution in [3.8, 4) is 0 Å². The highest BCUT2D eigenvalue weighted by atomic mass is 16.5. The van der Waals surface area contributed by atoms with Crippen molar-refractivity contribution in [1.29, 1.82) is 0 Å². The van der Waals surface area contributed by atoms with Gasteiger partial charge < -0.3 is 15.0 Å². The molecule has 0 spiro atoms. The lowest BCUT2D eigenvalue weighted by Gasteiger charge is -2.27. The largest absolute Gasteiger partial charge is 0.378 e. The molecule has 2 aromatic heterocycles. The fourth-order valence-electron chi connectivity index (χ4n) is 2.63. The molecule has 1 aromatic carbocycles. The summed E-state index contributed by atoms with van der Waals surface area (Å²) in [4.78, 5) is 31.5. The molecule has 0 unspecified atom stereocenters. The molecule has 0 radical (unpaired) electrons. The number of amides is 1. The highest BCUT2D eigenvalue weighted by Gasteiger charge is 2.15. The molecule has 126 valence electrons. The van der Waals surface area contributed by atoms with Crippen molar-refractivity contribution in [2.75, 3.05) is 36.5 Å². The third kappa shape index (κ3) is 3.38. The molecule has 4 rings (SSSR count). The lowest BCUT2D eigenvalue weighted by atomic mass is 10.3. The SMILES string of the molecule is O=C(Nc1cc(N2CCOCC2)ncn1)c1cnc2ccccc2n1. The Bertz CT molecular complexity index is 910. The summed E-state index contributed by atoms with van der Waals surface area (Å²) in [5.41, 5.74) is 1.66. The third-order valence-corrected chi connectivity index (χ3v) is 3.91. The van der Waals surface area contributed by atoms with Crippen LogP contribution < -0.4 is 10.2 Å². The van der Waals surface area contributed by atoms with Crippen LogP contribution in [-0.2, 0) is 4.74 Å². The maximum Gasteiger partial charge on any atom is 0.277 e. The molecule has 1 fully saturated rings. The van der Waals surface area contributed by atoms with Gasteiger partial charge in [0.1, 0.15) is 23.7 Å². The van der Waals surface area contributed by atoms with Crippen LogP contribution in [0.2, 0.25) is 0 Å². The van der Waals surface area contributed by atoms with E-state index in [2.05, 4.69) is 30.2 Å². The predicted octanol–water partition coefficient (Wildman–Crippen LogP) is 1.51. The number of benzene rings is 1. The molecule has 1 amide bonds. The summed E-state index contributed by atoms with van der Waals surface area (Å²) in [6.45, 7) is 2.86. The Balaban J connectivity index is 1.53. The van der Waals surface area contributed by atoms with Crippen LogP contribution in [0.5, 0.6) is 0 Å². The van der Waals surface area contributed by atoms with Crippen molar-refractivity contribution < 1.29 is 9.53 Å². The first-order chi connectivity index (χ1) is 12.3. The smallest absolute Gasteiger partial charge is 0.277 e. The van der Waals surface area contributed by atoms with Gasteiger partial charge in [-0.2, -0.15) is 0 Å². The minimum atomic E-state index is -0.357. The maximum atomic E-state index is 12.4.